The number of rotatable bonds is 15. The van der Waals surface area contributed by atoms with Crippen LogP contribution in [0.4, 0.5) is 70.2 Å². The fraction of sp³-hybridized carbons (Fsp3) is 1.00. The molecule has 1 fully saturated rings. The molecule has 35 heavy (non-hydrogen) atoms. The molecule has 1 saturated heterocycles. The van der Waals surface area contributed by atoms with Crippen LogP contribution in [-0.4, -0.2) is 85.0 Å². The second-order valence-corrected chi connectivity index (χ2v) is 7.54. The SMILES string of the molecule is OC(CCCC(F)(F)C(F)(F)C(F)(F)C(F)(F)C(F)(F)C(F)(F)C(F)(F)C(F)F)COCC1CO1. The number of hydrogen-bond donors (Lipinski definition) is 1. The Morgan fingerprint density at radius 1 is 0.743 bits per heavy atom. The summed E-state index contributed by atoms with van der Waals surface area (Å²) >= 11 is 0. The lowest BCUT2D eigenvalue weighted by Gasteiger charge is -2.42. The van der Waals surface area contributed by atoms with Crippen molar-refractivity contribution < 1.29 is 84.8 Å². The first kappa shape index (κ1) is 31.8. The van der Waals surface area contributed by atoms with Crippen LogP contribution in [0.1, 0.15) is 19.3 Å². The molecule has 0 aliphatic carbocycles. The van der Waals surface area contributed by atoms with E-state index in [-0.39, 0.29) is 12.7 Å². The smallest absolute Gasteiger partial charge is 0.384 e. The van der Waals surface area contributed by atoms with Crippen molar-refractivity contribution in [1.82, 2.24) is 0 Å². The molecule has 210 valence electrons. The maximum absolute atomic E-state index is 13.7. The van der Waals surface area contributed by atoms with Gasteiger partial charge in [-0.05, 0) is 12.8 Å². The lowest BCUT2D eigenvalue weighted by Crippen LogP contribution is -2.73. The molecule has 1 heterocycles. The zero-order valence-corrected chi connectivity index (χ0v) is 16.8. The number of ether oxygens (including phenoxy) is 2. The topological polar surface area (TPSA) is 42.0 Å². The van der Waals surface area contributed by atoms with Gasteiger partial charge < -0.3 is 14.6 Å². The van der Waals surface area contributed by atoms with Gasteiger partial charge >= 0.3 is 47.9 Å². The fourth-order valence-electron chi connectivity index (χ4n) is 2.47. The molecule has 0 bridgehead atoms. The van der Waals surface area contributed by atoms with Crippen molar-refractivity contribution in [1.29, 1.82) is 0 Å². The minimum absolute atomic E-state index is 0.0734. The summed E-state index contributed by atoms with van der Waals surface area (Å²) in [6, 6.07) is 0. The molecule has 2 atom stereocenters. The van der Waals surface area contributed by atoms with Crippen molar-refractivity contribution in [2.75, 3.05) is 19.8 Å². The van der Waals surface area contributed by atoms with E-state index < -0.39 is 79.9 Å². The molecule has 1 aliphatic rings. The van der Waals surface area contributed by atoms with Crippen molar-refractivity contribution in [3.63, 3.8) is 0 Å². The number of epoxide rings is 1. The lowest BCUT2D eigenvalue weighted by molar-refractivity contribution is -0.447. The van der Waals surface area contributed by atoms with Crippen molar-refractivity contribution in [2.24, 2.45) is 0 Å². The Bertz CT molecular complexity index is 707. The standard InChI is InChI=1S/C16H16F16O3/c17-9(18)11(21,22)13(25,26)15(29,30)16(31,32)14(27,28)12(23,24)10(19,20)3-1-2-7(33)4-34-5-8-6-35-8/h7-9,33H,1-6H2. The van der Waals surface area contributed by atoms with E-state index in [9.17, 15) is 75.4 Å². The van der Waals surface area contributed by atoms with Crippen LogP contribution < -0.4 is 0 Å². The third-order valence-electron chi connectivity index (χ3n) is 4.77. The van der Waals surface area contributed by atoms with Crippen LogP contribution >= 0.6 is 0 Å². The second kappa shape index (κ2) is 9.90. The lowest BCUT2D eigenvalue weighted by atomic mass is 9.88. The first-order valence-electron chi connectivity index (χ1n) is 9.22. The summed E-state index contributed by atoms with van der Waals surface area (Å²) in [5.74, 6) is -54.4. The van der Waals surface area contributed by atoms with E-state index in [1.807, 2.05) is 0 Å². The van der Waals surface area contributed by atoms with Crippen LogP contribution in [0.25, 0.3) is 0 Å². The minimum Gasteiger partial charge on any atom is -0.391 e. The molecule has 0 spiro atoms. The zero-order chi connectivity index (χ0) is 27.9. The summed E-state index contributed by atoms with van der Waals surface area (Å²) < 4.78 is 221. The van der Waals surface area contributed by atoms with E-state index in [4.69, 9.17) is 4.74 Å². The van der Waals surface area contributed by atoms with Crippen molar-refractivity contribution in [3.05, 3.63) is 0 Å². The Morgan fingerprint density at radius 3 is 1.60 bits per heavy atom. The molecule has 1 N–H and O–H groups in total. The Labute approximate surface area is 185 Å². The van der Waals surface area contributed by atoms with E-state index in [2.05, 4.69) is 4.74 Å². The van der Waals surface area contributed by atoms with E-state index in [0.29, 0.717) is 6.61 Å². The quantitative estimate of drug-likeness (QED) is 0.208. The Kier molecular flexibility index (Phi) is 9.00. The van der Waals surface area contributed by atoms with Crippen LogP contribution in [-0.2, 0) is 9.47 Å². The molecular formula is C16H16F16O3. The minimum atomic E-state index is -8.40. The molecule has 19 heteroatoms. The highest BCUT2D eigenvalue weighted by Crippen LogP contribution is 2.63. The van der Waals surface area contributed by atoms with E-state index in [0.717, 1.165) is 0 Å². The van der Waals surface area contributed by atoms with Gasteiger partial charge in [-0.1, -0.05) is 0 Å². The van der Waals surface area contributed by atoms with Crippen molar-refractivity contribution in [3.8, 4) is 0 Å². The third-order valence-corrected chi connectivity index (χ3v) is 4.77. The number of aliphatic hydroxyl groups is 1. The van der Waals surface area contributed by atoms with E-state index >= 15 is 0 Å². The van der Waals surface area contributed by atoms with Crippen LogP contribution in [0, 0.1) is 0 Å². The predicted octanol–water partition coefficient (Wildman–Crippen LogP) is 5.65. The van der Waals surface area contributed by atoms with Crippen molar-refractivity contribution >= 4 is 0 Å². The van der Waals surface area contributed by atoms with Gasteiger partial charge in [0.2, 0.25) is 0 Å². The largest absolute Gasteiger partial charge is 0.391 e. The monoisotopic (exact) mass is 560 g/mol. The summed E-state index contributed by atoms with van der Waals surface area (Å²) in [5, 5.41) is 9.41. The van der Waals surface area contributed by atoms with Gasteiger partial charge in [0, 0.05) is 6.42 Å². The summed E-state index contributed by atoms with van der Waals surface area (Å²) in [5.41, 5.74) is 0. The molecule has 1 aliphatic heterocycles. The highest BCUT2D eigenvalue weighted by molar-refractivity contribution is 5.14. The Hall–Kier alpha value is -1.24. The predicted molar refractivity (Wildman–Crippen MR) is 81.0 cm³/mol. The van der Waals surface area contributed by atoms with Gasteiger partial charge in [-0.25, -0.2) is 8.78 Å². The molecule has 1 rings (SSSR count). The van der Waals surface area contributed by atoms with Gasteiger partial charge in [0.25, 0.3) is 0 Å². The van der Waals surface area contributed by atoms with Gasteiger partial charge in [0.15, 0.2) is 0 Å². The molecule has 0 aromatic carbocycles. The zero-order valence-electron chi connectivity index (χ0n) is 16.8. The third kappa shape index (κ3) is 5.55. The summed E-state index contributed by atoms with van der Waals surface area (Å²) in [6.45, 7) is -0.368. The second-order valence-electron chi connectivity index (χ2n) is 7.54. The van der Waals surface area contributed by atoms with Gasteiger partial charge in [-0.15, -0.1) is 0 Å². The summed E-state index contributed by atoms with van der Waals surface area (Å²) in [6.07, 6.45) is -12.6. The molecule has 0 saturated carbocycles. The van der Waals surface area contributed by atoms with Gasteiger partial charge in [0.05, 0.1) is 25.9 Å². The van der Waals surface area contributed by atoms with Gasteiger partial charge in [-0.3, -0.25) is 0 Å². The van der Waals surface area contributed by atoms with Gasteiger partial charge in [-0.2, -0.15) is 61.5 Å². The molecule has 0 radical (unpaired) electrons. The van der Waals surface area contributed by atoms with Crippen LogP contribution in [0.15, 0.2) is 0 Å². The normalized spacial score (nSPS) is 19.9. The molecule has 0 amide bonds. The Morgan fingerprint density at radius 2 is 1.17 bits per heavy atom. The molecular weight excluding hydrogens is 544 g/mol. The average Bonchev–Trinajstić information content (AvgIpc) is 3.51. The van der Waals surface area contributed by atoms with Crippen LogP contribution in [0.5, 0.6) is 0 Å². The Balaban J connectivity index is 3.06. The molecule has 0 aromatic rings. The van der Waals surface area contributed by atoms with Crippen LogP contribution in [0.2, 0.25) is 0 Å². The number of alkyl halides is 16. The molecule has 0 aromatic heterocycles. The number of aliphatic hydroxyl groups excluding tert-OH is 1. The maximum atomic E-state index is 13.7. The van der Waals surface area contributed by atoms with Crippen LogP contribution in [0.3, 0.4) is 0 Å². The highest BCUT2D eigenvalue weighted by atomic mass is 19.4. The van der Waals surface area contributed by atoms with E-state index in [1.54, 1.807) is 0 Å². The van der Waals surface area contributed by atoms with Crippen molar-refractivity contribution in [2.45, 2.75) is 79.4 Å². The summed E-state index contributed by atoms with van der Waals surface area (Å²) in [4.78, 5) is 0. The fourth-order valence-corrected chi connectivity index (χ4v) is 2.47. The first-order chi connectivity index (χ1) is 15.4. The maximum Gasteiger partial charge on any atom is 0.384 e. The van der Waals surface area contributed by atoms with E-state index in [1.165, 1.54) is 0 Å². The molecule has 2 unspecified atom stereocenters. The first-order valence-corrected chi connectivity index (χ1v) is 9.22. The van der Waals surface area contributed by atoms with Gasteiger partial charge in [0.1, 0.15) is 6.10 Å². The average molecular weight is 560 g/mol. The number of halogens is 16. The molecule has 3 nitrogen and oxygen atoms in total. The number of hydrogen-bond acceptors (Lipinski definition) is 3. The summed E-state index contributed by atoms with van der Waals surface area (Å²) in [7, 11) is 0. The highest BCUT2D eigenvalue weighted by Gasteiger charge is 2.93.